The zero-order valence-electron chi connectivity index (χ0n) is 7.62. The molecule has 2 heterocycles. The number of pyridine rings is 1. The Morgan fingerprint density at radius 1 is 1.62 bits per heavy atom. The van der Waals surface area contributed by atoms with Gasteiger partial charge in [0, 0.05) is 23.8 Å². The van der Waals surface area contributed by atoms with Crippen molar-refractivity contribution in [1.29, 1.82) is 0 Å². The highest BCUT2D eigenvalue weighted by Gasteiger charge is 2.09. The van der Waals surface area contributed by atoms with Crippen LogP contribution in [0.25, 0.3) is 11.0 Å². The highest BCUT2D eigenvalue weighted by molar-refractivity contribution is 5.79. The van der Waals surface area contributed by atoms with Crippen LogP contribution in [-0.4, -0.2) is 9.97 Å². The summed E-state index contributed by atoms with van der Waals surface area (Å²) in [5.74, 6) is 0. The summed E-state index contributed by atoms with van der Waals surface area (Å²) in [6, 6.07) is 4.09. The van der Waals surface area contributed by atoms with E-state index < -0.39 is 0 Å². The van der Waals surface area contributed by atoms with E-state index in [0.29, 0.717) is 0 Å². The molecule has 2 rings (SSSR count). The summed E-state index contributed by atoms with van der Waals surface area (Å²) in [7, 11) is 0. The molecule has 0 amide bonds. The van der Waals surface area contributed by atoms with Crippen molar-refractivity contribution < 1.29 is 0 Å². The molecule has 0 aromatic carbocycles. The van der Waals surface area contributed by atoms with Gasteiger partial charge >= 0.3 is 0 Å². The predicted octanol–water partition coefficient (Wildman–Crippen LogP) is 1.97. The molecule has 1 unspecified atom stereocenters. The molecule has 0 saturated heterocycles. The number of hydrogen-bond acceptors (Lipinski definition) is 2. The molecule has 0 fully saturated rings. The van der Waals surface area contributed by atoms with Crippen molar-refractivity contribution in [3.05, 3.63) is 30.1 Å². The van der Waals surface area contributed by atoms with E-state index in [1.807, 2.05) is 18.3 Å². The quantitative estimate of drug-likeness (QED) is 0.733. The van der Waals surface area contributed by atoms with Crippen LogP contribution >= 0.6 is 0 Å². The first kappa shape index (κ1) is 8.26. The number of nitrogens with one attached hydrogen (secondary N) is 1. The Labute approximate surface area is 77.0 Å². The van der Waals surface area contributed by atoms with Crippen molar-refractivity contribution >= 4 is 11.0 Å². The van der Waals surface area contributed by atoms with Crippen molar-refractivity contribution in [2.45, 2.75) is 19.4 Å². The van der Waals surface area contributed by atoms with Crippen LogP contribution in [0.3, 0.4) is 0 Å². The van der Waals surface area contributed by atoms with Gasteiger partial charge in [0.05, 0.1) is 0 Å². The van der Waals surface area contributed by atoms with Crippen LogP contribution in [0.15, 0.2) is 24.5 Å². The summed E-state index contributed by atoms with van der Waals surface area (Å²) in [4.78, 5) is 7.32. The molecule has 3 heteroatoms. The smallest absolute Gasteiger partial charge is 0.137 e. The first-order valence-electron chi connectivity index (χ1n) is 4.50. The summed E-state index contributed by atoms with van der Waals surface area (Å²) in [5, 5.41) is 1.14. The molecule has 0 saturated carbocycles. The zero-order valence-corrected chi connectivity index (χ0v) is 7.62. The molecule has 1 atom stereocenters. The molecule has 3 N–H and O–H groups in total. The fraction of sp³-hybridized carbons (Fsp3) is 0.300. The molecule has 0 aliphatic heterocycles. The lowest BCUT2D eigenvalue weighted by Gasteiger charge is -2.05. The second kappa shape index (κ2) is 3.18. The molecule has 3 nitrogen and oxygen atoms in total. The Hall–Kier alpha value is -1.35. The molecule has 0 aliphatic carbocycles. The van der Waals surface area contributed by atoms with Gasteiger partial charge in [0.15, 0.2) is 0 Å². The average molecular weight is 175 g/mol. The Morgan fingerprint density at radius 3 is 3.23 bits per heavy atom. The van der Waals surface area contributed by atoms with Crippen molar-refractivity contribution in [2.24, 2.45) is 5.73 Å². The molecule has 0 bridgehead atoms. The van der Waals surface area contributed by atoms with Crippen LogP contribution in [0.4, 0.5) is 0 Å². The third kappa shape index (κ3) is 1.31. The molecule has 0 aliphatic rings. The number of hydrogen-bond donors (Lipinski definition) is 2. The number of nitrogens with two attached hydrogens (primary N) is 1. The SMILES string of the molecule is CCC(N)c1c[nH]c2ncccc12. The lowest BCUT2D eigenvalue weighted by molar-refractivity contribution is 0.704. The van der Waals surface area contributed by atoms with Gasteiger partial charge in [0.2, 0.25) is 0 Å². The Balaban J connectivity index is 2.57. The number of fused-ring (bicyclic) bond motifs is 1. The minimum atomic E-state index is 0.109. The van der Waals surface area contributed by atoms with Gasteiger partial charge in [-0.3, -0.25) is 0 Å². The van der Waals surface area contributed by atoms with E-state index in [4.69, 9.17) is 5.73 Å². The summed E-state index contributed by atoms with van der Waals surface area (Å²) < 4.78 is 0. The largest absolute Gasteiger partial charge is 0.346 e. The van der Waals surface area contributed by atoms with E-state index in [0.717, 1.165) is 23.0 Å². The van der Waals surface area contributed by atoms with Gasteiger partial charge in [-0.05, 0) is 24.1 Å². The topological polar surface area (TPSA) is 54.7 Å². The van der Waals surface area contributed by atoms with Gasteiger partial charge in [0.1, 0.15) is 5.65 Å². The third-order valence-corrected chi connectivity index (χ3v) is 2.32. The van der Waals surface area contributed by atoms with E-state index >= 15 is 0 Å². The second-order valence-corrected chi connectivity index (χ2v) is 3.16. The standard InChI is InChI=1S/C10H13N3/c1-2-9(11)8-6-13-10-7(8)4-3-5-12-10/h3-6,9H,2,11H2,1H3,(H,12,13). The first-order valence-corrected chi connectivity index (χ1v) is 4.50. The van der Waals surface area contributed by atoms with Gasteiger partial charge < -0.3 is 10.7 Å². The van der Waals surface area contributed by atoms with E-state index in [-0.39, 0.29) is 6.04 Å². The fourth-order valence-corrected chi connectivity index (χ4v) is 1.50. The van der Waals surface area contributed by atoms with Gasteiger partial charge in [-0.15, -0.1) is 0 Å². The lowest BCUT2D eigenvalue weighted by atomic mass is 10.1. The molecule has 2 aromatic rings. The van der Waals surface area contributed by atoms with Crippen LogP contribution in [0, 0.1) is 0 Å². The molecule has 0 radical (unpaired) electrons. The summed E-state index contributed by atoms with van der Waals surface area (Å²) >= 11 is 0. The van der Waals surface area contributed by atoms with E-state index in [2.05, 4.69) is 16.9 Å². The predicted molar refractivity (Wildman–Crippen MR) is 53.3 cm³/mol. The monoisotopic (exact) mass is 175 g/mol. The van der Waals surface area contributed by atoms with Crippen molar-refractivity contribution in [3.63, 3.8) is 0 Å². The van der Waals surface area contributed by atoms with Crippen LogP contribution in [-0.2, 0) is 0 Å². The molecule has 13 heavy (non-hydrogen) atoms. The fourth-order valence-electron chi connectivity index (χ4n) is 1.50. The normalized spacial score (nSPS) is 13.4. The van der Waals surface area contributed by atoms with Crippen LogP contribution in [0.2, 0.25) is 0 Å². The molecular weight excluding hydrogens is 162 g/mol. The Kier molecular flexibility index (Phi) is 2.02. The van der Waals surface area contributed by atoms with Gasteiger partial charge in [-0.25, -0.2) is 4.98 Å². The van der Waals surface area contributed by atoms with Gasteiger partial charge in [-0.2, -0.15) is 0 Å². The number of aromatic amines is 1. The Morgan fingerprint density at radius 2 is 2.46 bits per heavy atom. The summed E-state index contributed by atoms with van der Waals surface area (Å²) in [6.07, 6.45) is 4.67. The number of H-pyrrole nitrogens is 1. The Bertz CT molecular complexity index is 405. The van der Waals surface area contributed by atoms with Gasteiger partial charge in [-0.1, -0.05) is 6.92 Å². The van der Waals surface area contributed by atoms with Crippen LogP contribution in [0.1, 0.15) is 24.9 Å². The van der Waals surface area contributed by atoms with E-state index in [9.17, 15) is 0 Å². The minimum absolute atomic E-state index is 0.109. The number of rotatable bonds is 2. The highest BCUT2D eigenvalue weighted by Crippen LogP contribution is 2.22. The van der Waals surface area contributed by atoms with E-state index in [1.165, 1.54) is 0 Å². The molecule has 68 valence electrons. The van der Waals surface area contributed by atoms with Gasteiger partial charge in [0.25, 0.3) is 0 Å². The molecular formula is C10H13N3. The third-order valence-electron chi connectivity index (χ3n) is 2.32. The zero-order chi connectivity index (χ0) is 9.26. The maximum Gasteiger partial charge on any atom is 0.137 e. The molecule has 2 aromatic heterocycles. The maximum atomic E-state index is 5.96. The number of aromatic nitrogens is 2. The minimum Gasteiger partial charge on any atom is -0.346 e. The van der Waals surface area contributed by atoms with Crippen molar-refractivity contribution in [1.82, 2.24) is 9.97 Å². The van der Waals surface area contributed by atoms with Crippen LogP contribution < -0.4 is 5.73 Å². The first-order chi connectivity index (χ1) is 6.33. The molecule has 0 spiro atoms. The summed E-state index contributed by atoms with van der Waals surface area (Å²) in [5.41, 5.74) is 8.03. The van der Waals surface area contributed by atoms with E-state index in [1.54, 1.807) is 6.20 Å². The average Bonchev–Trinajstić information content (AvgIpc) is 2.60. The van der Waals surface area contributed by atoms with Crippen molar-refractivity contribution in [3.8, 4) is 0 Å². The highest BCUT2D eigenvalue weighted by atomic mass is 14.8. The summed E-state index contributed by atoms with van der Waals surface area (Å²) in [6.45, 7) is 2.08. The van der Waals surface area contributed by atoms with Crippen molar-refractivity contribution in [2.75, 3.05) is 0 Å². The number of nitrogens with zero attached hydrogens (tertiary/aromatic N) is 1. The second-order valence-electron chi connectivity index (χ2n) is 3.16. The van der Waals surface area contributed by atoms with Crippen LogP contribution in [0.5, 0.6) is 0 Å². The lowest BCUT2D eigenvalue weighted by Crippen LogP contribution is -2.07. The maximum absolute atomic E-state index is 5.96.